The van der Waals surface area contributed by atoms with Gasteiger partial charge in [-0.25, -0.2) is 4.39 Å². The lowest BCUT2D eigenvalue weighted by atomic mass is 10.1. The summed E-state index contributed by atoms with van der Waals surface area (Å²) in [5.41, 5.74) is 1.26. The van der Waals surface area contributed by atoms with Crippen LogP contribution in [-0.4, -0.2) is 5.24 Å². The SMILES string of the molecule is C/C(=C\C(=O)Cl)c1cc(F)cc(Br)c1. The van der Waals surface area contributed by atoms with Crippen molar-refractivity contribution in [1.29, 1.82) is 0 Å². The van der Waals surface area contributed by atoms with Crippen LogP contribution in [0.4, 0.5) is 4.39 Å². The van der Waals surface area contributed by atoms with Crippen molar-refractivity contribution in [2.75, 3.05) is 0 Å². The summed E-state index contributed by atoms with van der Waals surface area (Å²) in [5.74, 6) is -0.357. The molecule has 0 heterocycles. The molecule has 0 radical (unpaired) electrons. The third-order valence-electron chi connectivity index (χ3n) is 1.65. The Hall–Kier alpha value is -0.670. The number of halogens is 3. The zero-order valence-corrected chi connectivity index (χ0v) is 9.69. The molecule has 14 heavy (non-hydrogen) atoms. The Bertz CT molecular complexity index is 381. The number of hydrogen-bond donors (Lipinski definition) is 0. The van der Waals surface area contributed by atoms with Gasteiger partial charge in [0.05, 0.1) is 0 Å². The van der Waals surface area contributed by atoms with Crippen molar-refractivity contribution in [3.05, 3.63) is 40.1 Å². The molecular weight excluding hydrogens is 270 g/mol. The van der Waals surface area contributed by atoms with E-state index in [9.17, 15) is 9.18 Å². The molecule has 0 spiro atoms. The first-order valence-corrected chi connectivity index (χ1v) is 5.00. The summed E-state index contributed by atoms with van der Waals surface area (Å²) in [4.78, 5) is 10.6. The van der Waals surface area contributed by atoms with Crippen LogP contribution in [0.2, 0.25) is 0 Å². The zero-order chi connectivity index (χ0) is 10.7. The van der Waals surface area contributed by atoms with Crippen LogP contribution in [0.1, 0.15) is 12.5 Å². The molecule has 0 saturated carbocycles. The van der Waals surface area contributed by atoms with Crippen molar-refractivity contribution in [3.63, 3.8) is 0 Å². The number of benzene rings is 1. The minimum atomic E-state index is -0.567. The predicted octanol–water partition coefficient (Wildman–Crippen LogP) is 3.76. The Balaban J connectivity index is 3.13. The van der Waals surface area contributed by atoms with E-state index in [1.807, 2.05) is 0 Å². The van der Waals surface area contributed by atoms with Gasteiger partial charge in [-0.3, -0.25) is 4.79 Å². The fraction of sp³-hybridized carbons (Fsp3) is 0.100. The second-order valence-corrected chi connectivity index (χ2v) is 4.08. The lowest BCUT2D eigenvalue weighted by molar-refractivity contribution is -0.107. The van der Waals surface area contributed by atoms with Crippen molar-refractivity contribution in [3.8, 4) is 0 Å². The predicted molar refractivity (Wildman–Crippen MR) is 58.6 cm³/mol. The summed E-state index contributed by atoms with van der Waals surface area (Å²) in [5, 5.41) is -0.567. The summed E-state index contributed by atoms with van der Waals surface area (Å²) < 4.78 is 13.6. The van der Waals surface area contributed by atoms with Crippen LogP contribution in [0.3, 0.4) is 0 Å². The number of hydrogen-bond acceptors (Lipinski definition) is 1. The summed E-state index contributed by atoms with van der Waals surface area (Å²) in [6, 6.07) is 4.41. The van der Waals surface area contributed by atoms with Crippen molar-refractivity contribution in [2.45, 2.75) is 6.92 Å². The molecule has 1 rings (SSSR count). The zero-order valence-electron chi connectivity index (χ0n) is 7.35. The lowest BCUT2D eigenvalue weighted by Crippen LogP contribution is -1.86. The maximum Gasteiger partial charge on any atom is 0.245 e. The van der Waals surface area contributed by atoms with Gasteiger partial charge in [-0.1, -0.05) is 15.9 Å². The van der Waals surface area contributed by atoms with Gasteiger partial charge < -0.3 is 0 Å². The third-order valence-corrected chi connectivity index (χ3v) is 2.21. The van der Waals surface area contributed by atoms with E-state index in [0.717, 1.165) is 0 Å². The Morgan fingerprint density at radius 2 is 2.14 bits per heavy atom. The monoisotopic (exact) mass is 276 g/mol. The molecule has 0 atom stereocenters. The van der Waals surface area contributed by atoms with Gasteiger partial charge in [-0.15, -0.1) is 0 Å². The second kappa shape index (κ2) is 4.71. The first-order valence-electron chi connectivity index (χ1n) is 3.83. The Kier molecular flexibility index (Phi) is 3.84. The first kappa shape index (κ1) is 11.4. The van der Waals surface area contributed by atoms with E-state index < -0.39 is 5.24 Å². The molecule has 0 bridgehead atoms. The summed E-state index contributed by atoms with van der Waals surface area (Å²) in [6.07, 6.45) is 1.25. The van der Waals surface area contributed by atoms with Gasteiger partial charge in [0.1, 0.15) is 5.82 Å². The maximum atomic E-state index is 13.0. The van der Waals surface area contributed by atoms with Gasteiger partial charge >= 0.3 is 0 Å². The molecule has 0 aliphatic rings. The van der Waals surface area contributed by atoms with Crippen molar-refractivity contribution < 1.29 is 9.18 Å². The Labute approximate surface area is 94.7 Å². The highest BCUT2D eigenvalue weighted by Crippen LogP contribution is 2.21. The Morgan fingerprint density at radius 1 is 1.50 bits per heavy atom. The molecule has 0 fully saturated rings. The van der Waals surface area contributed by atoms with Gasteiger partial charge in [0.2, 0.25) is 5.24 Å². The standard InChI is InChI=1S/C10H7BrClFO/c1-6(2-10(12)14)7-3-8(11)5-9(13)4-7/h2-5H,1H3/b6-2+. The maximum absolute atomic E-state index is 13.0. The summed E-state index contributed by atoms with van der Waals surface area (Å²) in [6.45, 7) is 1.70. The Morgan fingerprint density at radius 3 is 2.64 bits per heavy atom. The highest BCUT2D eigenvalue weighted by molar-refractivity contribution is 9.10. The molecule has 0 unspecified atom stereocenters. The van der Waals surface area contributed by atoms with Gasteiger partial charge in [-0.05, 0) is 47.9 Å². The first-order chi connectivity index (χ1) is 6.49. The summed E-state index contributed by atoms with van der Waals surface area (Å²) in [7, 11) is 0. The van der Waals surface area contributed by atoms with Gasteiger partial charge in [0.25, 0.3) is 0 Å². The fourth-order valence-corrected chi connectivity index (χ4v) is 1.66. The highest BCUT2D eigenvalue weighted by atomic mass is 79.9. The molecule has 1 nitrogen and oxygen atoms in total. The smallest absolute Gasteiger partial charge is 0.245 e. The van der Waals surface area contributed by atoms with Crippen LogP contribution >= 0.6 is 27.5 Å². The van der Waals surface area contributed by atoms with Crippen LogP contribution < -0.4 is 0 Å². The molecule has 4 heteroatoms. The molecule has 74 valence electrons. The van der Waals surface area contributed by atoms with E-state index in [-0.39, 0.29) is 5.82 Å². The molecule has 1 aromatic carbocycles. The van der Waals surface area contributed by atoms with E-state index in [0.29, 0.717) is 15.6 Å². The largest absolute Gasteiger partial charge is 0.276 e. The van der Waals surface area contributed by atoms with Crippen LogP contribution in [0, 0.1) is 5.82 Å². The van der Waals surface area contributed by atoms with Gasteiger partial charge in [0.15, 0.2) is 0 Å². The quantitative estimate of drug-likeness (QED) is 0.594. The van der Waals surface area contributed by atoms with Crippen LogP contribution in [0.25, 0.3) is 5.57 Å². The van der Waals surface area contributed by atoms with Gasteiger partial charge in [0, 0.05) is 10.5 Å². The third kappa shape index (κ3) is 3.24. The second-order valence-electron chi connectivity index (χ2n) is 2.79. The van der Waals surface area contributed by atoms with Gasteiger partial charge in [-0.2, -0.15) is 0 Å². The summed E-state index contributed by atoms with van der Waals surface area (Å²) >= 11 is 8.34. The minimum absolute atomic E-state index is 0.357. The highest BCUT2D eigenvalue weighted by Gasteiger charge is 2.02. The van der Waals surface area contributed by atoms with E-state index in [4.69, 9.17) is 11.6 Å². The van der Waals surface area contributed by atoms with Crippen LogP contribution in [0.15, 0.2) is 28.7 Å². The van der Waals surface area contributed by atoms with Crippen molar-refractivity contribution in [1.82, 2.24) is 0 Å². The average Bonchev–Trinajstić information content (AvgIpc) is 2.00. The van der Waals surface area contributed by atoms with E-state index in [1.165, 1.54) is 18.2 Å². The number of carbonyl (C=O) groups is 1. The fourth-order valence-electron chi connectivity index (χ4n) is 1.04. The topological polar surface area (TPSA) is 17.1 Å². The number of rotatable bonds is 2. The van der Waals surface area contributed by atoms with E-state index in [1.54, 1.807) is 13.0 Å². The molecule has 0 aliphatic heterocycles. The van der Waals surface area contributed by atoms with Crippen LogP contribution in [-0.2, 0) is 4.79 Å². The molecule has 0 aliphatic carbocycles. The molecule has 0 saturated heterocycles. The van der Waals surface area contributed by atoms with E-state index in [2.05, 4.69) is 15.9 Å². The minimum Gasteiger partial charge on any atom is -0.276 e. The lowest BCUT2D eigenvalue weighted by Gasteiger charge is -2.01. The molecule has 0 amide bonds. The van der Waals surface area contributed by atoms with E-state index >= 15 is 0 Å². The molecule has 1 aromatic rings. The normalized spacial score (nSPS) is 11.6. The average molecular weight is 278 g/mol. The number of carbonyl (C=O) groups excluding carboxylic acids is 1. The van der Waals surface area contributed by atoms with Crippen LogP contribution in [0.5, 0.6) is 0 Å². The number of allylic oxidation sites excluding steroid dienone is 2. The molecule has 0 N–H and O–H groups in total. The van der Waals surface area contributed by atoms with Crippen molar-refractivity contribution >= 4 is 38.3 Å². The molecule has 0 aromatic heterocycles. The molecular formula is C10H7BrClFO. The van der Waals surface area contributed by atoms with Crippen molar-refractivity contribution in [2.24, 2.45) is 0 Å².